The topological polar surface area (TPSA) is 185 Å². The van der Waals surface area contributed by atoms with Crippen LogP contribution in [-0.2, 0) is 24.0 Å². The number of nitrogens with one attached hydrogen (secondary N) is 1. The van der Waals surface area contributed by atoms with Crippen LogP contribution in [-0.4, -0.2) is 73.3 Å². The molecule has 2 atom stereocenters. The molecule has 0 saturated carbocycles. The van der Waals surface area contributed by atoms with Crippen LogP contribution in [0.4, 0.5) is 5.13 Å². The van der Waals surface area contributed by atoms with E-state index in [1.807, 2.05) is 0 Å². The van der Waals surface area contributed by atoms with Gasteiger partial charge in [-0.05, 0) is 5.57 Å². The van der Waals surface area contributed by atoms with Crippen LogP contribution in [0.1, 0.15) is 5.69 Å². The van der Waals surface area contributed by atoms with Crippen molar-refractivity contribution in [3.8, 4) is 0 Å². The SMILES string of the molecule is C=CC1=C(C(=O)O)N2C(=O)[C@@H](NC(=O)/C(=N\OCC(=O)O)c3csc(N)n3)[C@H]2SC1.[Na+]. The van der Waals surface area contributed by atoms with Gasteiger partial charge < -0.3 is 26.1 Å². The molecule has 12 nitrogen and oxygen atoms in total. The molecule has 2 aliphatic rings. The predicted molar refractivity (Wildman–Crippen MR) is 107 cm³/mol. The maximum Gasteiger partial charge on any atom is 1.00 e. The van der Waals surface area contributed by atoms with E-state index in [2.05, 4.69) is 26.9 Å². The van der Waals surface area contributed by atoms with E-state index < -0.39 is 41.8 Å². The zero-order valence-electron chi connectivity index (χ0n) is 16.1. The largest absolute Gasteiger partial charge is 1.00 e. The molecule has 1 aromatic rings. The van der Waals surface area contributed by atoms with Crippen molar-refractivity contribution in [2.24, 2.45) is 5.16 Å². The first kappa shape index (κ1) is 24.9. The predicted octanol–water partition coefficient (Wildman–Crippen LogP) is -3.54. The average Bonchev–Trinajstić information content (AvgIpc) is 3.13. The number of nitrogens with two attached hydrogens (primary N) is 1. The summed E-state index contributed by atoms with van der Waals surface area (Å²) in [5.74, 6) is -3.72. The normalized spacial score (nSPS) is 20.2. The number of carbonyl (C=O) groups is 4. The van der Waals surface area contributed by atoms with Crippen LogP contribution in [0.25, 0.3) is 0 Å². The summed E-state index contributed by atoms with van der Waals surface area (Å²) in [5, 5.41) is 25.0. The number of nitrogen functional groups attached to an aromatic ring is 1. The van der Waals surface area contributed by atoms with E-state index in [9.17, 15) is 24.3 Å². The van der Waals surface area contributed by atoms with Gasteiger partial charge in [0.2, 0.25) is 6.61 Å². The number of nitrogens with zero attached hydrogens (tertiary/aromatic N) is 3. The number of oxime groups is 1. The first-order valence-electron chi connectivity index (χ1n) is 8.22. The molecule has 15 heteroatoms. The van der Waals surface area contributed by atoms with Gasteiger partial charge in [0.15, 0.2) is 10.8 Å². The number of rotatable bonds is 8. The summed E-state index contributed by atoms with van der Waals surface area (Å²) in [7, 11) is 0. The van der Waals surface area contributed by atoms with Gasteiger partial charge >= 0.3 is 41.5 Å². The Labute approximate surface area is 205 Å². The summed E-state index contributed by atoms with van der Waals surface area (Å²) in [4.78, 5) is 57.1. The standard InChI is InChI=1S/C16H15N5O7S2.Na/c1-2-6-4-29-14-10(13(25)21(14)11(6)15(26)27)19-12(24)9(20-28-3-8(22)23)7-5-30-16(17)18-7;/h2,5,10,14H,1,3-4H2,(H2,17,18)(H,19,24)(H,22,23)(H,26,27);/q;+1/b20-9-;/t10-,14-;/m1./s1. The molecule has 1 saturated heterocycles. The number of amides is 2. The molecule has 0 aliphatic carbocycles. The van der Waals surface area contributed by atoms with Gasteiger partial charge in [-0.25, -0.2) is 14.6 Å². The molecule has 0 spiro atoms. The van der Waals surface area contributed by atoms with Gasteiger partial charge in [-0.1, -0.05) is 17.8 Å². The van der Waals surface area contributed by atoms with Gasteiger partial charge in [0.05, 0.1) is 0 Å². The summed E-state index contributed by atoms with van der Waals surface area (Å²) >= 11 is 2.30. The number of aromatic nitrogens is 1. The molecule has 3 heterocycles. The number of hydrogen-bond acceptors (Lipinski definition) is 10. The van der Waals surface area contributed by atoms with E-state index in [0.717, 1.165) is 16.2 Å². The number of fused-ring (bicyclic) bond motifs is 1. The average molecular weight is 476 g/mol. The second kappa shape index (κ2) is 10.3. The summed E-state index contributed by atoms with van der Waals surface area (Å²) in [6.45, 7) is 2.77. The first-order valence-corrected chi connectivity index (χ1v) is 10.1. The molecule has 2 amide bonds. The van der Waals surface area contributed by atoms with Crippen molar-refractivity contribution < 1.29 is 63.8 Å². The number of β-lactam (4-membered cyclic amide) rings is 1. The Morgan fingerprint density at radius 1 is 1.45 bits per heavy atom. The Bertz CT molecular complexity index is 1010. The molecular weight excluding hydrogens is 461 g/mol. The van der Waals surface area contributed by atoms with E-state index in [4.69, 9.17) is 10.8 Å². The second-order valence-corrected chi connectivity index (χ2v) is 7.92. The zero-order chi connectivity index (χ0) is 22.0. The van der Waals surface area contributed by atoms with Crippen molar-refractivity contribution >= 4 is 57.7 Å². The van der Waals surface area contributed by atoms with Crippen molar-refractivity contribution in [1.29, 1.82) is 0 Å². The minimum Gasteiger partial charge on any atom is -0.479 e. The number of allylic oxidation sites excluding steroid dienone is 1. The quantitative estimate of drug-likeness (QED) is 0.127. The van der Waals surface area contributed by atoms with E-state index in [0.29, 0.717) is 11.3 Å². The Balaban J connectivity index is 0.00000341. The molecule has 0 bridgehead atoms. The molecule has 2 aliphatic heterocycles. The number of carboxylic acids is 2. The van der Waals surface area contributed by atoms with Gasteiger partial charge in [-0.2, -0.15) is 0 Å². The van der Waals surface area contributed by atoms with Crippen LogP contribution in [0.5, 0.6) is 0 Å². The monoisotopic (exact) mass is 476 g/mol. The molecule has 0 unspecified atom stereocenters. The van der Waals surface area contributed by atoms with Gasteiger partial charge in [0, 0.05) is 11.1 Å². The zero-order valence-corrected chi connectivity index (χ0v) is 19.7. The fourth-order valence-electron chi connectivity index (χ4n) is 2.76. The number of anilines is 1. The fraction of sp³-hybridized carbons (Fsp3) is 0.250. The third kappa shape index (κ3) is 5.10. The Morgan fingerprint density at radius 2 is 2.16 bits per heavy atom. The maximum absolute atomic E-state index is 12.7. The molecule has 3 rings (SSSR count). The minimum absolute atomic E-state index is 0. The summed E-state index contributed by atoms with van der Waals surface area (Å²) in [5.41, 5.74) is 5.48. The molecular formula is C16H15N5NaO7S2+. The van der Waals surface area contributed by atoms with Crippen molar-refractivity contribution in [2.45, 2.75) is 11.4 Å². The molecule has 31 heavy (non-hydrogen) atoms. The first-order chi connectivity index (χ1) is 14.2. The van der Waals surface area contributed by atoms with Crippen LogP contribution in [0, 0.1) is 0 Å². The Kier molecular flexibility index (Phi) is 8.25. The smallest absolute Gasteiger partial charge is 0.479 e. The second-order valence-electron chi connectivity index (χ2n) is 5.92. The summed E-state index contributed by atoms with van der Waals surface area (Å²) < 4.78 is 0. The van der Waals surface area contributed by atoms with E-state index in [1.165, 1.54) is 23.2 Å². The number of aliphatic carboxylic acids is 2. The molecule has 158 valence electrons. The van der Waals surface area contributed by atoms with E-state index >= 15 is 0 Å². The third-order valence-corrected chi connectivity index (χ3v) is 6.03. The third-order valence-electron chi connectivity index (χ3n) is 4.06. The van der Waals surface area contributed by atoms with Crippen molar-refractivity contribution in [1.82, 2.24) is 15.2 Å². The van der Waals surface area contributed by atoms with Crippen molar-refractivity contribution in [3.05, 3.63) is 35.0 Å². The van der Waals surface area contributed by atoms with Gasteiger partial charge in [-0.15, -0.1) is 23.1 Å². The number of carboxylic acid groups (broad SMARTS) is 2. The van der Waals surface area contributed by atoms with Crippen molar-refractivity contribution in [3.63, 3.8) is 0 Å². The molecule has 0 aromatic carbocycles. The summed E-state index contributed by atoms with van der Waals surface area (Å²) in [6, 6.07) is -1.01. The molecule has 0 radical (unpaired) electrons. The number of hydrogen-bond donors (Lipinski definition) is 4. The van der Waals surface area contributed by atoms with E-state index in [-0.39, 0.29) is 51.8 Å². The minimum atomic E-state index is -1.30. The van der Waals surface area contributed by atoms with Crippen LogP contribution in [0.15, 0.2) is 34.5 Å². The van der Waals surface area contributed by atoms with Crippen molar-refractivity contribution in [2.75, 3.05) is 18.1 Å². The van der Waals surface area contributed by atoms with Crippen LogP contribution in [0.2, 0.25) is 0 Å². The number of thiazole rings is 1. The van der Waals surface area contributed by atoms with Gasteiger partial charge in [-0.3, -0.25) is 14.5 Å². The fourth-order valence-corrected chi connectivity index (χ4v) is 4.65. The van der Waals surface area contributed by atoms with Gasteiger partial charge in [0.25, 0.3) is 11.8 Å². The van der Waals surface area contributed by atoms with E-state index in [1.54, 1.807) is 0 Å². The van der Waals surface area contributed by atoms with Gasteiger partial charge in [0.1, 0.15) is 22.8 Å². The maximum atomic E-state index is 12.7. The number of carbonyl (C=O) groups excluding carboxylic acids is 2. The molecule has 1 aromatic heterocycles. The molecule has 5 N–H and O–H groups in total. The van der Waals surface area contributed by atoms with Crippen LogP contribution in [0.3, 0.4) is 0 Å². The Hall–Kier alpha value is -2.39. The molecule has 1 fully saturated rings. The summed E-state index contributed by atoms with van der Waals surface area (Å²) in [6.07, 6.45) is 1.38. The number of thioether (sulfide) groups is 1. The van der Waals surface area contributed by atoms with Crippen LogP contribution >= 0.6 is 23.1 Å². The van der Waals surface area contributed by atoms with Crippen LogP contribution < -0.4 is 40.6 Å². The Morgan fingerprint density at radius 3 is 2.71 bits per heavy atom.